The summed E-state index contributed by atoms with van der Waals surface area (Å²) >= 11 is 1.92. The number of hydrogen-bond donors (Lipinski definition) is 2. The van der Waals surface area contributed by atoms with Crippen molar-refractivity contribution in [3.05, 3.63) is 219 Å². The minimum Gasteiger partial charge on any atom is -0.399 e. The number of benzene rings is 7. The lowest BCUT2D eigenvalue weighted by atomic mass is 9.84. The largest absolute Gasteiger partial charge is 0.399 e. The van der Waals surface area contributed by atoms with Gasteiger partial charge in [-0.25, -0.2) is 0 Å². The van der Waals surface area contributed by atoms with Gasteiger partial charge in [-0.05, 0) is 154 Å². The summed E-state index contributed by atoms with van der Waals surface area (Å²) in [4.78, 5) is 7.49. The Morgan fingerprint density at radius 2 is 1.33 bits per heavy atom. The van der Waals surface area contributed by atoms with Crippen LogP contribution in [-0.2, 0) is 6.42 Å². The molecule has 0 radical (unpaired) electrons. The second-order valence-electron chi connectivity index (χ2n) is 17.4. The van der Waals surface area contributed by atoms with Crippen molar-refractivity contribution in [1.29, 1.82) is 0 Å². The molecule has 0 aromatic heterocycles. The molecule has 7 aromatic rings. The Morgan fingerprint density at radius 1 is 0.635 bits per heavy atom. The first-order chi connectivity index (χ1) is 30.8. The summed E-state index contributed by atoms with van der Waals surface area (Å²) in [5.41, 5.74) is 32.1. The lowest BCUT2D eigenvalue weighted by Gasteiger charge is -2.40. The van der Waals surface area contributed by atoms with E-state index in [2.05, 4.69) is 207 Å². The van der Waals surface area contributed by atoms with Crippen LogP contribution in [0.1, 0.15) is 65.1 Å². The summed E-state index contributed by atoms with van der Waals surface area (Å²) in [6.07, 6.45) is 10.7. The predicted octanol–water partition coefficient (Wildman–Crippen LogP) is 16.0. The molecule has 7 aromatic carbocycles. The van der Waals surface area contributed by atoms with E-state index in [1.165, 1.54) is 93.7 Å². The van der Waals surface area contributed by atoms with Crippen LogP contribution >= 0.6 is 11.8 Å². The SMILES string of the molecule is CC=C1C2=C(c3ccc(N(c4ccc(C)cc4)c4ccc(C)cc4)cc3Nc3ccc(C)cc3)CC3=CCC=C(C3)c3cc(N)ccc3N1c1c(ccc3c1-c1ccccc1C3)S2. The fraction of sp³-hybridized carbons (Fsp3) is 0.138. The topological polar surface area (TPSA) is 44.5 Å². The molecule has 5 heteroatoms. The molecule has 0 amide bonds. The van der Waals surface area contributed by atoms with Crippen LogP contribution in [0.5, 0.6) is 0 Å². The van der Waals surface area contributed by atoms with Gasteiger partial charge in [-0.2, -0.15) is 0 Å². The van der Waals surface area contributed by atoms with Crippen LogP contribution in [0.4, 0.5) is 45.5 Å². The Kier molecular flexibility index (Phi) is 9.73. The van der Waals surface area contributed by atoms with Crippen LogP contribution in [0.2, 0.25) is 0 Å². The van der Waals surface area contributed by atoms with Crippen molar-refractivity contribution in [2.45, 2.75) is 58.3 Å². The van der Waals surface area contributed by atoms with Gasteiger partial charge in [0, 0.05) is 60.6 Å². The van der Waals surface area contributed by atoms with Gasteiger partial charge in [0.25, 0.3) is 0 Å². The second kappa shape index (κ2) is 15.7. The van der Waals surface area contributed by atoms with E-state index in [9.17, 15) is 0 Å². The number of nitrogens with two attached hydrogens (primary N) is 1. The van der Waals surface area contributed by atoms with E-state index < -0.39 is 0 Å². The van der Waals surface area contributed by atoms with Gasteiger partial charge >= 0.3 is 0 Å². The molecule has 4 nitrogen and oxygen atoms in total. The van der Waals surface area contributed by atoms with E-state index in [4.69, 9.17) is 5.73 Å². The van der Waals surface area contributed by atoms with Crippen LogP contribution < -0.4 is 20.9 Å². The molecule has 0 saturated heterocycles. The molecular formula is C58H50N4S. The minimum atomic E-state index is 0.786. The van der Waals surface area contributed by atoms with Gasteiger partial charge in [-0.1, -0.05) is 125 Å². The summed E-state index contributed by atoms with van der Waals surface area (Å²) in [7, 11) is 0. The Hall–Kier alpha value is -6.95. The summed E-state index contributed by atoms with van der Waals surface area (Å²) in [5, 5.41) is 3.98. The molecule has 2 aliphatic carbocycles. The van der Waals surface area contributed by atoms with E-state index in [0.29, 0.717) is 0 Å². The van der Waals surface area contributed by atoms with Crippen molar-refractivity contribution in [2.24, 2.45) is 0 Å². The number of anilines is 8. The van der Waals surface area contributed by atoms with Gasteiger partial charge in [0.2, 0.25) is 0 Å². The van der Waals surface area contributed by atoms with Gasteiger partial charge in [0.05, 0.1) is 17.1 Å². The maximum atomic E-state index is 6.66. The van der Waals surface area contributed by atoms with Gasteiger partial charge in [0.15, 0.2) is 0 Å². The molecule has 2 aliphatic heterocycles. The van der Waals surface area contributed by atoms with Crippen LogP contribution in [-0.4, -0.2) is 0 Å². The molecule has 0 fully saturated rings. The predicted molar refractivity (Wildman–Crippen MR) is 269 cm³/mol. The Labute approximate surface area is 375 Å². The molecule has 0 spiro atoms. The molecule has 0 saturated carbocycles. The first-order valence-corrected chi connectivity index (χ1v) is 22.9. The van der Waals surface area contributed by atoms with Crippen molar-refractivity contribution in [1.82, 2.24) is 0 Å². The number of thioether (sulfide) groups is 1. The fourth-order valence-electron chi connectivity index (χ4n) is 9.89. The maximum Gasteiger partial charge on any atom is 0.0683 e. The molecule has 3 N–H and O–H groups in total. The van der Waals surface area contributed by atoms with Crippen molar-refractivity contribution in [3.8, 4) is 11.1 Å². The van der Waals surface area contributed by atoms with Gasteiger partial charge < -0.3 is 20.9 Å². The molecule has 4 bridgehead atoms. The normalized spacial score (nSPS) is 15.5. The number of allylic oxidation sites excluding steroid dienone is 6. The number of aryl methyl sites for hydroxylation is 3. The molecule has 11 rings (SSSR count). The monoisotopic (exact) mass is 834 g/mol. The molecule has 4 aliphatic rings. The van der Waals surface area contributed by atoms with Crippen LogP contribution in [0.3, 0.4) is 0 Å². The van der Waals surface area contributed by atoms with Crippen LogP contribution in [0.25, 0.3) is 22.3 Å². The molecule has 0 unspecified atom stereocenters. The van der Waals surface area contributed by atoms with Crippen LogP contribution in [0.15, 0.2) is 185 Å². The van der Waals surface area contributed by atoms with Crippen molar-refractivity contribution in [3.63, 3.8) is 0 Å². The van der Waals surface area contributed by atoms with E-state index in [1.54, 1.807) is 0 Å². The third kappa shape index (κ3) is 6.97. The standard InChI is InChI=1S/C58H50N4S/c1-5-53-58-51(49-28-27-47(35-52(49)60-44-21-13-36(2)14-22-44)61(45-23-15-37(3)16-24-45)46-25-17-38(4)18-26-46)32-39-9-8-11-40(31-39)50-34-43(59)20-29-54(50)62(53)57-55(63-58)30-19-42-33-41-10-6-7-12-48(41)56(42)57/h5-7,9-30,34-35,60H,8,31-33,59H2,1-4H3. The Bertz CT molecular complexity index is 3050. The summed E-state index contributed by atoms with van der Waals surface area (Å²) in [6, 6.07) is 53.8. The Morgan fingerprint density at radius 3 is 2.06 bits per heavy atom. The highest BCUT2D eigenvalue weighted by Crippen LogP contribution is 2.60. The third-order valence-corrected chi connectivity index (χ3v) is 14.3. The quantitative estimate of drug-likeness (QED) is 0.129. The average molecular weight is 835 g/mol. The number of nitrogens with zero attached hydrogens (tertiary/aromatic N) is 2. The van der Waals surface area contributed by atoms with Crippen LogP contribution in [0, 0.1) is 20.8 Å². The zero-order valence-corrected chi connectivity index (χ0v) is 37.1. The maximum absolute atomic E-state index is 6.66. The van der Waals surface area contributed by atoms with Crippen molar-refractivity contribution in [2.75, 3.05) is 20.9 Å². The van der Waals surface area contributed by atoms with E-state index in [1.807, 2.05) is 11.8 Å². The van der Waals surface area contributed by atoms with Gasteiger partial charge in [0.1, 0.15) is 0 Å². The average Bonchev–Trinajstić information content (AvgIpc) is 3.69. The highest BCUT2D eigenvalue weighted by atomic mass is 32.2. The molecule has 2 heterocycles. The zero-order valence-electron chi connectivity index (χ0n) is 36.3. The first-order valence-electron chi connectivity index (χ1n) is 22.1. The minimum absolute atomic E-state index is 0.786. The van der Waals surface area contributed by atoms with Gasteiger partial charge in [-0.3, -0.25) is 0 Å². The molecule has 63 heavy (non-hydrogen) atoms. The first kappa shape index (κ1) is 38.9. The smallest absolute Gasteiger partial charge is 0.0683 e. The molecular weight excluding hydrogens is 785 g/mol. The van der Waals surface area contributed by atoms with Crippen molar-refractivity contribution >= 4 is 68.4 Å². The Balaban J connectivity index is 1.18. The van der Waals surface area contributed by atoms with E-state index in [-0.39, 0.29) is 0 Å². The second-order valence-corrected chi connectivity index (χ2v) is 18.4. The molecule has 0 atom stereocenters. The number of nitrogen functional groups attached to an aromatic ring is 1. The third-order valence-electron chi connectivity index (χ3n) is 13.1. The number of nitrogens with one attached hydrogen (secondary N) is 1. The lowest BCUT2D eigenvalue weighted by Crippen LogP contribution is -2.25. The number of hydrogen-bond acceptors (Lipinski definition) is 5. The lowest BCUT2D eigenvalue weighted by molar-refractivity contribution is 1.05. The van der Waals surface area contributed by atoms with Crippen molar-refractivity contribution < 1.29 is 0 Å². The van der Waals surface area contributed by atoms with E-state index in [0.717, 1.165) is 59.8 Å². The summed E-state index contributed by atoms with van der Waals surface area (Å²) < 4.78 is 0. The fourth-order valence-corrected chi connectivity index (χ4v) is 11.2. The zero-order chi connectivity index (χ0) is 42.8. The van der Waals surface area contributed by atoms with E-state index >= 15 is 0 Å². The highest BCUT2D eigenvalue weighted by Gasteiger charge is 2.37. The van der Waals surface area contributed by atoms with Gasteiger partial charge in [-0.15, -0.1) is 0 Å². The summed E-state index contributed by atoms with van der Waals surface area (Å²) in [6.45, 7) is 8.65. The number of fused-ring (bicyclic) bond motifs is 13. The summed E-state index contributed by atoms with van der Waals surface area (Å²) in [5.74, 6) is 0. The number of rotatable bonds is 6. The highest BCUT2D eigenvalue weighted by molar-refractivity contribution is 8.03. The molecule has 308 valence electrons.